The lowest BCUT2D eigenvalue weighted by Gasteiger charge is -2.37. The molecule has 2 unspecified atom stereocenters. The van der Waals surface area contributed by atoms with Crippen LogP contribution in [0.5, 0.6) is 0 Å². The van der Waals surface area contributed by atoms with Gasteiger partial charge in [-0.25, -0.2) is 0 Å². The minimum absolute atomic E-state index is 0.284. The molecule has 1 aliphatic rings. The molecule has 1 rings (SSSR count). The van der Waals surface area contributed by atoms with Crippen molar-refractivity contribution in [3.63, 3.8) is 0 Å². The molecule has 0 aromatic heterocycles. The SMILES string of the molecule is C=CC(C)(O)C=CC1C(C)=CCCC1(C)C. The van der Waals surface area contributed by atoms with Crippen molar-refractivity contribution < 1.29 is 5.11 Å². The summed E-state index contributed by atoms with van der Waals surface area (Å²) in [6.45, 7) is 12.2. The van der Waals surface area contributed by atoms with Crippen molar-refractivity contribution >= 4 is 0 Å². The molecule has 1 N–H and O–H groups in total. The van der Waals surface area contributed by atoms with E-state index < -0.39 is 5.60 Å². The fourth-order valence-corrected chi connectivity index (χ4v) is 2.34. The summed E-state index contributed by atoms with van der Waals surface area (Å²) in [6.07, 6.45) is 10.2. The molecule has 0 spiro atoms. The first kappa shape index (κ1) is 13.2. The van der Waals surface area contributed by atoms with Crippen molar-refractivity contribution in [2.75, 3.05) is 0 Å². The van der Waals surface area contributed by atoms with Crippen LogP contribution in [0.1, 0.15) is 40.5 Å². The fraction of sp³-hybridized carbons (Fsp3) is 0.600. The second kappa shape index (κ2) is 4.58. The highest BCUT2D eigenvalue weighted by Crippen LogP contribution is 2.41. The van der Waals surface area contributed by atoms with Crippen molar-refractivity contribution in [3.05, 3.63) is 36.5 Å². The van der Waals surface area contributed by atoms with Crippen molar-refractivity contribution in [3.8, 4) is 0 Å². The van der Waals surface area contributed by atoms with Crippen LogP contribution in [0.15, 0.2) is 36.5 Å². The van der Waals surface area contributed by atoms with E-state index in [4.69, 9.17) is 0 Å². The average molecular weight is 220 g/mol. The molecule has 2 atom stereocenters. The molecule has 1 nitrogen and oxygen atoms in total. The molecule has 0 aromatic rings. The topological polar surface area (TPSA) is 20.2 Å². The first-order chi connectivity index (χ1) is 7.28. The third-order valence-corrected chi connectivity index (χ3v) is 3.63. The Balaban J connectivity index is 2.90. The molecular formula is C15H24O. The molecule has 1 heteroatoms. The Bertz CT molecular complexity index is 318. The van der Waals surface area contributed by atoms with Crippen molar-refractivity contribution in [2.24, 2.45) is 11.3 Å². The van der Waals surface area contributed by atoms with E-state index in [-0.39, 0.29) is 5.41 Å². The summed E-state index contributed by atoms with van der Waals surface area (Å²) in [4.78, 5) is 0. The molecule has 0 aliphatic heterocycles. The molecule has 1 aliphatic carbocycles. The second-order valence-electron chi connectivity index (χ2n) is 5.74. The predicted molar refractivity (Wildman–Crippen MR) is 70.2 cm³/mol. The molecule has 0 saturated heterocycles. The van der Waals surface area contributed by atoms with Gasteiger partial charge in [-0.3, -0.25) is 0 Å². The lowest BCUT2D eigenvalue weighted by atomic mass is 9.68. The molecular weight excluding hydrogens is 196 g/mol. The Morgan fingerprint density at radius 1 is 1.56 bits per heavy atom. The van der Waals surface area contributed by atoms with Crippen LogP contribution in [0.25, 0.3) is 0 Å². The van der Waals surface area contributed by atoms with Crippen molar-refractivity contribution in [1.82, 2.24) is 0 Å². The number of hydrogen-bond donors (Lipinski definition) is 1. The van der Waals surface area contributed by atoms with Gasteiger partial charge >= 0.3 is 0 Å². The highest BCUT2D eigenvalue weighted by Gasteiger charge is 2.31. The van der Waals surface area contributed by atoms with Crippen LogP contribution in [0.2, 0.25) is 0 Å². The monoisotopic (exact) mass is 220 g/mol. The van der Waals surface area contributed by atoms with Gasteiger partial charge in [0.25, 0.3) is 0 Å². The molecule has 90 valence electrons. The highest BCUT2D eigenvalue weighted by atomic mass is 16.3. The van der Waals surface area contributed by atoms with Crippen LogP contribution in [-0.2, 0) is 0 Å². The Labute approximate surface area is 99.6 Å². The summed E-state index contributed by atoms with van der Waals surface area (Å²) >= 11 is 0. The molecule has 0 saturated carbocycles. The van der Waals surface area contributed by atoms with Crippen LogP contribution in [0, 0.1) is 11.3 Å². The summed E-state index contributed by atoms with van der Waals surface area (Å²) in [6, 6.07) is 0. The van der Waals surface area contributed by atoms with E-state index >= 15 is 0 Å². The minimum Gasteiger partial charge on any atom is -0.382 e. The maximum absolute atomic E-state index is 9.89. The zero-order valence-corrected chi connectivity index (χ0v) is 11.0. The number of rotatable bonds is 3. The summed E-state index contributed by atoms with van der Waals surface area (Å²) in [5.41, 5.74) is 0.799. The maximum Gasteiger partial charge on any atom is 0.0978 e. The average Bonchev–Trinajstić information content (AvgIpc) is 2.16. The van der Waals surface area contributed by atoms with Crippen molar-refractivity contribution in [1.29, 1.82) is 0 Å². The highest BCUT2D eigenvalue weighted by molar-refractivity contribution is 5.21. The van der Waals surface area contributed by atoms with E-state index in [0.29, 0.717) is 5.92 Å². The van der Waals surface area contributed by atoms with E-state index in [1.807, 2.05) is 6.08 Å². The van der Waals surface area contributed by atoms with E-state index in [9.17, 15) is 5.11 Å². The van der Waals surface area contributed by atoms with Gasteiger partial charge in [-0.1, -0.05) is 50.3 Å². The Morgan fingerprint density at radius 2 is 2.19 bits per heavy atom. The number of allylic oxidation sites excluding steroid dienone is 3. The lowest BCUT2D eigenvalue weighted by Crippen LogP contribution is -2.27. The van der Waals surface area contributed by atoms with Gasteiger partial charge in [0.1, 0.15) is 0 Å². The molecule has 0 bridgehead atoms. The van der Waals surface area contributed by atoms with E-state index in [1.54, 1.807) is 13.0 Å². The molecule has 0 radical (unpaired) electrons. The third-order valence-electron chi connectivity index (χ3n) is 3.63. The Kier molecular flexibility index (Phi) is 3.80. The quantitative estimate of drug-likeness (QED) is 0.716. The Morgan fingerprint density at radius 3 is 2.69 bits per heavy atom. The number of hydrogen-bond acceptors (Lipinski definition) is 1. The Hall–Kier alpha value is -0.820. The normalized spacial score (nSPS) is 28.6. The lowest BCUT2D eigenvalue weighted by molar-refractivity contribution is 0.162. The molecule has 0 heterocycles. The van der Waals surface area contributed by atoms with Gasteiger partial charge in [0.2, 0.25) is 0 Å². The van der Waals surface area contributed by atoms with Gasteiger partial charge in [0.15, 0.2) is 0 Å². The zero-order chi connectivity index (χ0) is 12.4. The maximum atomic E-state index is 9.89. The van der Waals surface area contributed by atoms with Crippen LogP contribution < -0.4 is 0 Å². The molecule has 0 aromatic carbocycles. The van der Waals surface area contributed by atoms with Crippen LogP contribution in [0.3, 0.4) is 0 Å². The standard InChI is InChI=1S/C15H24O/c1-6-15(5,16)11-9-13-12(2)8-7-10-14(13,3)4/h6,8-9,11,13,16H,1,7,10H2,2-5H3. The first-order valence-corrected chi connectivity index (χ1v) is 6.00. The van der Waals surface area contributed by atoms with Crippen molar-refractivity contribution in [2.45, 2.75) is 46.1 Å². The summed E-state index contributed by atoms with van der Waals surface area (Å²) in [5, 5.41) is 9.89. The van der Waals surface area contributed by atoms with E-state index in [1.165, 1.54) is 18.4 Å². The van der Waals surface area contributed by atoms with E-state index in [2.05, 4.69) is 39.5 Å². The predicted octanol–water partition coefficient (Wildman–Crippen LogP) is 3.86. The van der Waals surface area contributed by atoms with Gasteiger partial charge in [0, 0.05) is 5.92 Å². The summed E-state index contributed by atoms with van der Waals surface area (Å²) in [5.74, 6) is 0.424. The number of aliphatic hydroxyl groups is 1. The zero-order valence-electron chi connectivity index (χ0n) is 11.0. The van der Waals surface area contributed by atoms with Gasteiger partial charge < -0.3 is 5.11 Å². The van der Waals surface area contributed by atoms with Gasteiger partial charge in [-0.05, 0) is 32.1 Å². The first-order valence-electron chi connectivity index (χ1n) is 6.00. The van der Waals surface area contributed by atoms with Crippen LogP contribution >= 0.6 is 0 Å². The van der Waals surface area contributed by atoms with Gasteiger partial charge in [-0.2, -0.15) is 0 Å². The third kappa shape index (κ3) is 3.08. The van der Waals surface area contributed by atoms with Crippen LogP contribution in [-0.4, -0.2) is 10.7 Å². The smallest absolute Gasteiger partial charge is 0.0978 e. The molecule has 0 fully saturated rings. The van der Waals surface area contributed by atoms with Gasteiger partial charge in [-0.15, -0.1) is 0 Å². The second-order valence-corrected chi connectivity index (χ2v) is 5.74. The summed E-state index contributed by atoms with van der Waals surface area (Å²) in [7, 11) is 0. The largest absolute Gasteiger partial charge is 0.382 e. The van der Waals surface area contributed by atoms with Crippen LogP contribution in [0.4, 0.5) is 0 Å². The molecule has 0 amide bonds. The minimum atomic E-state index is -0.895. The summed E-state index contributed by atoms with van der Waals surface area (Å²) < 4.78 is 0. The fourth-order valence-electron chi connectivity index (χ4n) is 2.34. The van der Waals surface area contributed by atoms with E-state index in [0.717, 1.165) is 0 Å². The van der Waals surface area contributed by atoms with Gasteiger partial charge in [0.05, 0.1) is 5.60 Å². The molecule has 16 heavy (non-hydrogen) atoms.